The second kappa shape index (κ2) is 8.75. The van der Waals surface area contributed by atoms with Crippen LogP contribution in [0.25, 0.3) is 0 Å². The lowest BCUT2D eigenvalue weighted by Crippen LogP contribution is -2.70. The van der Waals surface area contributed by atoms with Crippen LogP contribution in [-0.4, -0.2) is 75.2 Å². The number of aryl methyl sites for hydroxylation is 1. The minimum absolute atomic E-state index is 0.0437. The van der Waals surface area contributed by atoms with Gasteiger partial charge in [-0.15, -0.1) is 0 Å². The summed E-state index contributed by atoms with van der Waals surface area (Å²) >= 11 is 0. The van der Waals surface area contributed by atoms with Gasteiger partial charge in [0, 0.05) is 63.1 Å². The minimum atomic E-state index is -0.0437. The van der Waals surface area contributed by atoms with Crippen molar-refractivity contribution in [2.45, 2.75) is 24.3 Å². The molecule has 6 nitrogen and oxygen atoms in total. The Labute approximate surface area is 190 Å². The Morgan fingerprint density at radius 2 is 1.69 bits per heavy atom. The molecule has 0 spiro atoms. The Bertz CT molecular complexity index is 948. The molecule has 4 aliphatic rings. The van der Waals surface area contributed by atoms with Crippen LogP contribution in [-0.2, 0) is 16.6 Å². The number of nitrogens with one attached hydrogen (secondary N) is 1. The fourth-order valence-corrected chi connectivity index (χ4v) is 6.11. The molecular weight excluding hydrogens is 402 g/mol. The van der Waals surface area contributed by atoms with Gasteiger partial charge in [0.1, 0.15) is 0 Å². The monoisotopic (exact) mass is 435 g/mol. The van der Waals surface area contributed by atoms with Crippen molar-refractivity contribution in [2.75, 3.05) is 53.5 Å². The average molecular weight is 436 g/mol. The number of hydrogen-bond donors (Lipinski definition) is 1. The lowest BCUT2D eigenvalue weighted by Gasteiger charge is -2.55. The van der Waals surface area contributed by atoms with Crippen LogP contribution in [0.2, 0.25) is 0 Å². The van der Waals surface area contributed by atoms with Gasteiger partial charge in [-0.3, -0.25) is 4.79 Å². The summed E-state index contributed by atoms with van der Waals surface area (Å²) in [5, 5.41) is 3.50. The molecule has 0 aliphatic carbocycles. The van der Waals surface area contributed by atoms with Crippen molar-refractivity contribution in [1.29, 1.82) is 0 Å². The second-order valence-corrected chi connectivity index (χ2v) is 9.49. The van der Waals surface area contributed by atoms with E-state index in [-0.39, 0.29) is 17.4 Å². The largest absolute Gasteiger partial charge is 0.493 e. The highest BCUT2D eigenvalue weighted by atomic mass is 16.5. The summed E-state index contributed by atoms with van der Waals surface area (Å²) in [6.45, 7) is 6.45. The highest BCUT2D eigenvalue weighted by molar-refractivity contribution is 5.77. The summed E-state index contributed by atoms with van der Waals surface area (Å²) < 4.78 is 10.7. The summed E-state index contributed by atoms with van der Waals surface area (Å²) in [5.74, 6) is 2.01. The molecular formula is C26H33N3O3. The highest BCUT2D eigenvalue weighted by Crippen LogP contribution is 2.43. The van der Waals surface area contributed by atoms with Crippen LogP contribution in [0.1, 0.15) is 17.5 Å². The first-order valence-electron chi connectivity index (χ1n) is 11.6. The van der Waals surface area contributed by atoms with E-state index in [0.29, 0.717) is 30.3 Å². The van der Waals surface area contributed by atoms with Crippen molar-refractivity contribution in [3.05, 3.63) is 59.7 Å². The Morgan fingerprint density at radius 3 is 2.34 bits per heavy atom. The second-order valence-electron chi connectivity index (χ2n) is 9.49. The number of rotatable bonds is 7. The third kappa shape index (κ3) is 3.86. The first-order chi connectivity index (χ1) is 15.6. The van der Waals surface area contributed by atoms with E-state index < -0.39 is 0 Å². The molecule has 6 rings (SSSR count). The van der Waals surface area contributed by atoms with Crippen LogP contribution < -0.4 is 14.8 Å². The van der Waals surface area contributed by atoms with E-state index in [1.54, 1.807) is 14.2 Å². The molecule has 0 radical (unpaired) electrons. The molecule has 0 aromatic heterocycles. The fraction of sp³-hybridized carbons (Fsp3) is 0.500. The Balaban J connectivity index is 1.33. The van der Waals surface area contributed by atoms with Crippen molar-refractivity contribution in [3.63, 3.8) is 0 Å². The quantitative estimate of drug-likeness (QED) is 0.724. The summed E-state index contributed by atoms with van der Waals surface area (Å²) in [7, 11) is 3.27. The van der Waals surface area contributed by atoms with Crippen LogP contribution in [0.5, 0.6) is 11.5 Å². The number of methoxy groups -OCH3 is 2. The first-order valence-corrected chi connectivity index (χ1v) is 11.6. The summed E-state index contributed by atoms with van der Waals surface area (Å²) in [5.41, 5.74) is 2.39. The van der Waals surface area contributed by atoms with Gasteiger partial charge in [-0.05, 0) is 29.7 Å². The molecule has 4 heterocycles. The predicted molar refractivity (Wildman–Crippen MR) is 124 cm³/mol. The van der Waals surface area contributed by atoms with E-state index in [1.807, 2.05) is 18.2 Å². The molecule has 2 aromatic rings. The molecule has 6 heteroatoms. The molecule has 3 atom stereocenters. The van der Waals surface area contributed by atoms with E-state index in [1.165, 1.54) is 5.56 Å². The standard InChI is InChI=1S/C26H33N3O3/c1-31-22-10-8-19(14-23(22)32-2)9-11-24(30)27-25-20-15-28-12-13-29(16-20)18-26(25,17-28)21-6-4-3-5-7-21/h3-8,10,14,20,25H,9,11-13,15-18H2,1-2H3,(H,27,30). The molecule has 0 saturated carbocycles. The number of carbonyl (C=O) groups is 1. The van der Waals surface area contributed by atoms with Gasteiger partial charge in [0.05, 0.1) is 14.2 Å². The number of hydrogen-bond acceptors (Lipinski definition) is 5. The maximum absolute atomic E-state index is 13.2. The molecule has 170 valence electrons. The molecule has 1 amide bonds. The van der Waals surface area contributed by atoms with E-state index >= 15 is 0 Å². The van der Waals surface area contributed by atoms with Gasteiger partial charge in [-0.1, -0.05) is 36.4 Å². The van der Waals surface area contributed by atoms with Crippen molar-refractivity contribution >= 4 is 5.91 Å². The molecule has 3 unspecified atom stereocenters. The summed E-state index contributed by atoms with van der Waals surface area (Å²) in [4.78, 5) is 18.4. The van der Waals surface area contributed by atoms with E-state index in [0.717, 1.165) is 44.8 Å². The van der Waals surface area contributed by atoms with Crippen molar-refractivity contribution in [1.82, 2.24) is 15.1 Å². The van der Waals surface area contributed by atoms with Crippen molar-refractivity contribution < 1.29 is 14.3 Å². The molecule has 1 N–H and O–H groups in total. The van der Waals surface area contributed by atoms with E-state index in [2.05, 4.69) is 45.4 Å². The number of ether oxygens (including phenoxy) is 2. The van der Waals surface area contributed by atoms with Crippen LogP contribution >= 0.6 is 0 Å². The maximum Gasteiger partial charge on any atom is 0.220 e. The molecule has 4 saturated heterocycles. The molecule has 4 aliphatic heterocycles. The number of amides is 1. The van der Waals surface area contributed by atoms with Gasteiger partial charge in [0.15, 0.2) is 11.5 Å². The fourth-order valence-electron chi connectivity index (χ4n) is 6.11. The van der Waals surface area contributed by atoms with E-state index in [4.69, 9.17) is 9.47 Å². The topological polar surface area (TPSA) is 54.0 Å². The number of fused-ring (bicyclic) bond motifs is 1. The van der Waals surface area contributed by atoms with Crippen LogP contribution in [0.4, 0.5) is 0 Å². The lowest BCUT2D eigenvalue weighted by molar-refractivity contribution is -0.124. The van der Waals surface area contributed by atoms with Crippen LogP contribution in [0.15, 0.2) is 48.5 Å². The van der Waals surface area contributed by atoms with Crippen LogP contribution in [0.3, 0.4) is 0 Å². The Kier molecular flexibility index (Phi) is 5.82. The molecule has 4 fully saturated rings. The van der Waals surface area contributed by atoms with Gasteiger partial charge in [0.2, 0.25) is 5.91 Å². The number of carbonyl (C=O) groups excluding carboxylic acids is 1. The number of benzene rings is 2. The SMILES string of the molecule is COc1ccc(CCC(=O)NC2C3CN4CCN(C3)CC2(c2ccccc2)C4)cc1OC. The number of nitrogens with zero attached hydrogens (tertiary/aromatic N) is 2. The zero-order valence-corrected chi connectivity index (χ0v) is 19.0. The van der Waals surface area contributed by atoms with Gasteiger partial charge >= 0.3 is 0 Å². The third-order valence-electron chi connectivity index (χ3n) is 7.55. The van der Waals surface area contributed by atoms with E-state index in [9.17, 15) is 4.79 Å². The van der Waals surface area contributed by atoms with Crippen LogP contribution in [0, 0.1) is 5.92 Å². The Hall–Kier alpha value is -2.57. The highest BCUT2D eigenvalue weighted by Gasteiger charge is 2.55. The minimum Gasteiger partial charge on any atom is -0.493 e. The summed E-state index contributed by atoms with van der Waals surface area (Å²) in [6.07, 6.45) is 1.15. The smallest absolute Gasteiger partial charge is 0.220 e. The lowest BCUT2D eigenvalue weighted by atomic mass is 9.64. The molecule has 2 aromatic carbocycles. The Morgan fingerprint density at radius 1 is 1.00 bits per heavy atom. The maximum atomic E-state index is 13.2. The van der Waals surface area contributed by atoms with Gasteiger partial charge in [-0.25, -0.2) is 0 Å². The normalized spacial score (nSPS) is 30.6. The van der Waals surface area contributed by atoms with Crippen molar-refractivity contribution in [2.24, 2.45) is 5.92 Å². The van der Waals surface area contributed by atoms with Crippen molar-refractivity contribution in [3.8, 4) is 11.5 Å². The summed E-state index contributed by atoms with van der Waals surface area (Å²) in [6, 6.07) is 16.9. The number of piperidine rings is 2. The zero-order chi connectivity index (χ0) is 22.1. The zero-order valence-electron chi connectivity index (χ0n) is 19.0. The van der Waals surface area contributed by atoms with Gasteiger partial charge < -0.3 is 24.6 Å². The molecule has 32 heavy (non-hydrogen) atoms. The molecule has 4 bridgehead atoms. The predicted octanol–water partition coefficient (Wildman–Crippen LogP) is 2.32. The van der Waals surface area contributed by atoms with Gasteiger partial charge in [0.25, 0.3) is 0 Å². The third-order valence-corrected chi connectivity index (χ3v) is 7.55. The average Bonchev–Trinajstić information content (AvgIpc) is 3.08. The van der Waals surface area contributed by atoms with Gasteiger partial charge in [-0.2, -0.15) is 0 Å². The first kappa shape index (κ1) is 21.3.